The third kappa shape index (κ3) is 2.93. The standard InChI is InChI=1S/C11H15BrClNO2S2/c12-10-5-8-17-11(10)18(15,16)14(7-2-6-13)9-3-1-4-9/h5,8-9H,1-4,6-7H2. The molecule has 102 valence electrons. The first-order valence-electron chi connectivity index (χ1n) is 5.88. The maximum atomic E-state index is 12.6. The summed E-state index contributed by atoms with van der Waals surface area (Å²) in [6, 6.07) is 1.94. The SMILES string of the molecule is O=S(=O)(c1sccc1Br)N(CCCCl)C1CCC1. The van der Waals surface area contributed by atoms with Gasteiger partial charge in [-0.2, -0.15) is 4.31 Å². The number of alkyl halides is 1. The fourth-order valence-corrected chi connectivity index (χ4v) is 6.23. The Morgan fingerprint density at radius 1 is 1.50 bits per heavy atom. The van der Waals surface area contributed by atoms with Gasteiger partial charge in [-0.05, 0) is 46.6 Å². The minimum Gasteiger partial charge on any atom is -0.206 e. The lowest BCUT2D eigenvalue weighted by Crippen LogP contribution is -2.44. The van der Waals surface area contributed by atoms with Gasteiger partial charge in [0.25, 0.3) is 10.0 Å². The van der Waals surface area contributed by atoms with Gasteiger partial charge in [0.1, 0.15) is 4.21 Å². The molecule has 18 heavy (non-hydrogen) atoms. The molecule has 0 amide bonds. The highest BCUT2D eigenvalue weighted by Gasteiger charge is 2.35. The zero-order valence-electron chi connectivity index (χ0n) is 9.81. The second-order valence-corrected chi connectivity index (χ2v) is 8.53. The van der Waals surface area contributed by atoms with Gasteiger partial charge in [-0.25, -0.2) is 8.42 Å². The third-order valence-corrected chi connectivity index (χ3v) is 7.99. The average Bonchev–Trinajstić information content (AvgIpc) is 2.68. The molecule has 0 unspecified atom stereocenters. The molecule has 3 nitrogen and oxygen atoms in total. The van der Waals surface area contributed by atoms with E-state index in [9.17, 15) is 8.42 Å². The van der Waals surface area contributed by atoms with Crippen LogP contribution in [0.25, 0.3) is 0 Å². The summed E-state index contributed by atoms with van der Waals surface area (Å²) in [6.45, 7) is 0.515. The Kier molecular flexibility index (Phi) is 5.11. The molecule has 1 saturated carbocycles. The van der Waals surface area contributed by atoms with E-state index in [1.807, 2.05) is 0 Å². The number of hydrogen-bond acceptors (Lipinski definition) is 3. The van der Waals surface area contributed by atoms with Gasteiger partial charge in [0.15, 0.2) is 0 Å². The van der Waals surface area contributed by atoms with Crippen LogP contribution < -0.4 is 0 Å². The Bertz CT molecular complexity index is 499. The van der Waals surface area contributed by atoms with Crippen molar-refractivity contribution in [2.45, 2.75) is 35.9 Å². The van der Waals surface area contributed by atoms with Crippen LogP contribution in [0.4, 0.5) is 0 Å². The summed E-state index contributed by atoms with van der Waals surface area (Å²) in [5, 5.41) is 1.79. The van der Waals surface area contributed by atoms with E-state index in [0.29, 0.717) is 27.5 Å². The summed E-state index contributed by atoms with van der Waals surface area (Å²) in [5.74, 6) is 0.490. The van der Waals surface area contributed by atoms with Crippen molar-refractivity contribution in [3.63, 3.8) is 0 Å². The minimum absolute atomic E-state index is 0.159. The van der Waals surface area contributed by atoms with E-state index in [1.165, 1.54) is 11.3 Å². The summed E-state index contributed by atoms with van der Waals surface area (Å²) in [6.07, 6.45) is 3.73. The fraction of sp³-hybridized carbons (Fsp3) is 0.636. The van der Waals surface area contributed by atoms with E-state index < -0.39 is 10.0 Å². The quantitative estimate of drug-likeness (QED) is 0.714. The first-order valence-corrected chi connectivity index (χ1v) is 9.53. The van der Waals surface area contributed by atoms with Gasteiger partial charge in [-0.3, -0.25) is 0 Å². The van der Waals surface area contributed by atoms with Crippen LogP contribution in [0.2, 0.25) is 0 Å². The molecule has 2 rings (SSSR count). The van der Waals surface area contributed by atoms with Gasteiger partial charge in [-0.1, -0.05) is 6.42 Å². The molecule has 1 aliphatic rings. The van der Waals surface area contributed by atoms with Gasteiger partial charge in [0.05, 0.1) is 0 Å². The molecule has 1 aromatic rings. The van der Waals surface area contributed by atoms with E-state index in [1.54, 1.807) is 15.8 Å². The molecule has 0 bridgehead atoms. The minimum atomic E-state index is -3.37. The number of rotatable bonds is 6. The maximum Gasteiger partial charge on any atom is 0.253 e. The van der Waals surface area contributed by atoms with Crippen molar-refractivity contribution in [2.75, 3.05) is 12.4 Å². The number of hydrogen-bond donors (Lipinski definition) is 0. The van der Waals surface area contributed by atoms with Crippen molar-refractivity contribution in [1.82, 2.24) is 4.31 Å². The zero-order chi connectivity index (χ0) is 13.2. The van der Waals surface area contributed by atoms with E-state index in [0.717, 1.165) is 19.3 Å². The molecule has 1 fully saturated rings. The molecule has 0 aliphatic heterocycles. The van der Waals surface area contributed by atoms with Crippen molar-refractivity contribution in [3.05, 3.63) is 15.9 Å². The smallest absolute Gasteiger partial charge is 0.206 e. The Morgan fingerprint density at radius 3 is 2.67 bits per heavy atom. The van der Waals surface area contributed by atoms with Crippen molar-refractivity contribution in [2.24, 2.45) is 0 Å². The van der Waals surface area contributed by atoms with Crippen molar-refractivity contribution < 1.29 is 8.42 Å². The number of nitrogens with zero attached hydrogens (tertiary/aromatic N) is 1. The summed E-state index contributed by atoms with van der Waals surface area (Å²) in [4.78, 5) is 0. The molecule has 0 saturated heterocycles. The second-order valence-electron chi connectivity index (χ2n) is 4.30. The highest BCUT2D eigenvalue weighted by atomic mass is 79.9. The number of thiophene rings is 1. The average molecular weight is 373 g/mol. The summed E-state index contributed by atoms with van der Waals surface area (Å²) in [7, 11) is -3.37. The topological polar surface area (TPSA) is 37.4 Å². The van der Waals surface area contributed by atoms with E-state index in [-0.39, 0.29) is 6.04 Å². The van der Waals surface area contributed by atoms with Gasteiger partial charge in [-0.15, -0.1) is 22.9 Å². The Hall–Kier alpha value is 0.380. The lowest BCUT2D eigenvalue weighted by molar-refractivity contribution is 0.220. The number of sulfonamides is 1. The predicted octanol–water partition coefficient (Wildman–Crippen LogP) is 3.68. The molecule has 0 radical (unpaired) electrons. The van der Waals surface area contributed by atoms with Crippen molar-refractivity contribution in [3.8, 4) is 0 Å². The Balaban J connectivity index is 2.26. The molecule has 0 aromatic carbocycles. The highest BCUT2D eigenvalue weighted by molar-refractivity contribution is 9.10. The molecule has 0 spiro atoms. The maximum absolute atomic E-state index is 12.6. The summed E-state index contributed by atoms with van der Waals surface area (Å²) >= 11 is 10.3. The van der Waals surface area contributed by atoms with Crippen LogP contribution in [0.1, 0.15) is 25.7 Å². The monoisotopic (exact) mass is 371 g/mol. The van der Waals surface area contributed by atoms with E-state index >= 15 is 0 Å². The lowest BCUT2D eigenvalue weighted by atomic mass is 9.93. The molecule has 7 heteroatoms. The summed E-state index contributed by atoms with van der Waals surface area (Å²) in [5.41, 5.74) is 0. The van der Waals surface area contributed by atoms with Crippen LogP contribution >= 0.6 is 38.9 Å². The Morgan fingerprint density at radius 2 is 2.22 bits per heavy atom. The van der Waals surface area contributed by atoms with Crippen LogP contribution in [0.5, 0.6) is 0 Å². The third-order valence-electron chi connectivity index (χ3n) is 3.12. The zero-order valence-corrected chi connectivity index (χ0v) is 13.8. The summed E-state index contributed by atoms with van der Waals surface area (Å²) < 4.78 is 27.9. The van der Waals surface area contributed by atoms with E-state index in [2.05, 4.69) is 15.9 Å². The van der Waals surface area contributed by atoms with Crippen LogP contribution in [0.15, 0.2) is 20.1 Å². The first kappa shape index (κ1) is 14.8. The van der Waals surface area contributed by atoms with Crippen molar-refractivity contribution in [1.29, 1.82) is 0 Å². The van der Waals surface area contributed by atoms with Crippen LogP contribution in [0.3, 0.4) is 0 Å². The molecule has 1 heterocycles. The van der Waals surface area contributed by atoms with E-state index in [4.69, 9.17) is 11.6 Å². The molecular formula is C11H15BrClNO2S2. The normalized spacial score (nSPS) is 17.1. The fourth-order valence-electron chi connectivity index (χ4n) is 1.96. The van der Waals surface area contributed by atoms with Gasteiger partial charge >= 0.3 is 0 Å². The first-order chi connectivity index (χ1) is 8.57. The second kappa shape index (κ2) is 6.22. The van der Waals surface area contributed by atoms with Gasteiger partial charge in [0, 0.05) is 22.9 Å². The molecule has 1 aromatic heterocycles. The molecular weight excluding hydrogens is 358 g/mol. The van der Waals surface area contributed by atoms with Crippen LogP contribution in [-0.4, -0.2) is 31.2 Å². The lowest BCUT2D eigenvalue weighted by Gasteiger charge is -2.36. The van der Waals surface area contributed by atoms with Crippen LogP contribution in [-0.2, 0) is 10.0 Å². The molecule has 1 aliphatic carbocycles. The van der Waals surface area contributed by atoms with Gasteiger partial charge < -0.3 is 0 Å². The van der Waals surface area contributed by atoms with Crippen molar-refractivity contribution >= 4 is 48.9 Å². The Labute approximate surface area is 125 Å². The highest BCUT2D eigenvalue weighted by Crippen LogP contribution is 2.35. The predicted molar refractivity (Wildman–Crippen MR) is 78.9 cm³/mol. The largest absolute Gasteiger partial charge is 0.253 e. The number of halogens is 2. The molecule has 0 N–H and O–H groups in total. The van der Waals surface area contributed by atoms with Gasteiger partial charge in [0.2, 0.25) is 0 Å². The van der Waals surface area contributed by atoms with Crippen LogP contribution in [0, 0.1) is 0 Å². The molecule has 0 atom stereocenters.